The van der Waals surface area contributed by atoms with Gasteiger partial charge >= 0.3 is 0 Å². The van der Waals surface area contributed by atoms with Gasteiger partial charge in [0.1, 0.15) is 54.9 Å². The largest absolute Gasteiger partial charge is 0.310 e. The fourth-order valence-corrected chi connectivity index (χ4v) is 10.6. The third-order valence-corrected chi connectivity index (χ3v) is 14.2. The lowest BCUT2D eigenvalue weighted by molar-refractivity contribution is 1.18. The van der Waals surface area contributed by atoms with E-state index in [1.165, 1.54) is 132 Å². The molecule has 0 aliphatic heterocycles. The summed E-state index contributed by atoms with van der Waals surface area (Å²) in [7, 11) is 16.3. The smallest absolute Gasteiger partial charge is 0.141 e. The Morgan fingerprint density at radius 2 is 0.810 bits per heavy atom. The molecule has 0 unspecified atom stereocenters. The normalized spacial score (nSPS) is 11.6. The van der Waals surface area contributed by atoms with Gasteiger partial charge in [0, 0.05) is 44.1 Å². The van der Waals surface area contributed by atoms with Crippen molar-refractivity contribution in [2.75, 3.05) is 0 Å². The van der Waals surface area contributed by atoms with E-state index in [0.29, 0.717) is 0 Å². The quantitative estimate of drug-likeness (QED) is 0.229. The molecule has 9 aromatic carbocycles. The molecule has 11 rings (SSSR count). The van der Waals surface area contributed by atoms with Crippen LogP contribution in [0.5, 0.6) is 0 Å². The van der Waals surface area contributed by atoms with E-state index >= 15 is 0 Å². The predicted molar refractivity (Wildman–Crippen MR) is 294 cm³/mol. The molecule has 0 atom stereocenters. The fourth-order valence-electron chi connectivity index (χ4n) is 10.6. The molecule has 2 nitrogen and oxygen atoms in total. The zero-order valence-electron chi connectivity index (χ0n) is 37.1. The van der Waals surface area contributed by atoms with Gasteiger partial charge in [0.15, 0.2) is 0 Å². The zero-order valence-corrected chi connectivity index (χ0v) is 37.1. The maximum absolute atomic E-state index is 2.58. The van der Waals surface area contributed by atoms with Gasteiger partial charge in [-0.05, 0) is 80.7 Å². The summed E-state index contributed by atoms with van der Waals surface area (Å²) in [5.41, 5.74) is 26.6. The molecule has 2 aromatic heterocycles. The number of hydrogen-bond donors (Lipinski definition) is 0. The Balaban J connectivity index is 1.18. The van der Waals surface area contributed by atoms with E-state index in [4.69, 9.17) is 0 Å². The molecule has 0 aliphatic carbocycles. The molecular formula is C54H43B7N2. The van der Waals surface area contributed by atoms with Gasteiger partial charge in [-0.2, -0.15) is 0 Å². The lowest BCUT2D eigenvalue weighted by atomic mass is 9.64. The molecule has 0 saturated heterocycles. The molecule has 0 fully saturated rings. The number of rotatable bonds is 6. The Hall–Kier alpha value is -6.97. The van der Waals surface area contributed by atoms with Crippen molar-refractivity contribution in [3.8, 4) is 55.9 Å². The van der Waals surface area contributed by atoms with Gasteiger partial charge in [0.25, 0.3) is 0 Å². The number of hydrogen-bond acceptors (Lipinski definition) is 0. The summed E-state index contributed by atoms with van der Waals surface area (Å²) in [6.45, 7) is 0. The topological polar surface area (TPSA) is 9.86 Å². The SMILES string of the molecule is Bc1c(B)c(B)c2c(c1B)c1c(B)c(-c3ccc4c(c3)c3cccc(-c5ccccc5)c3n4-c3ccc(-c4ccccc4)cc3)c(B)c(B)c1n2-c1cccc(-c2ccccc2)c1. The first-order chi connectivity index (χ1) is 30.7. The van der Waals surface area contributed by atoms with E-state index in [2.05, 4.69) is 240 Å². The maximum Gasteiger partial charge on any atom is 0.141 e. The van der Waals surface area contributed by atoms with E-state index in [0.717, 1.165) is 5.69 Å². The molecule has 0 aliphatic rings. The van der Waals surface area contributed by atoms with E-state index < -0.39 is 0 Å². The van der Waals surface area contributed by atoms with Crippen LogP contribution in [0.2, 0.25) is 0 Å². The van der Waals surface area contributed by atoms with Crippen LogP contribution in [0.4, 0.5) is 0 Å². The molecule has 11 aromatic rings. The molecule has 0 bridgehead atoms. The molecule has 0 spiro atoms. The summed E-state index contributed by atoms with van der Waals surface area (Å²) in [6.07, 6.45) is 0. The highest BCUT2D eigenvalue weighted by molar-refractivity contribution is 6.69. The van der Waals surface area contributed by atoms with E-state index in [-0.39, 0.29) is 0 Å². The highest BCUT2D eigenvalue weighted by Crippen LogP contribution is 2.40. The number of aromatic nitrogens is 2. The number of benzene rings is 9. The first-order valence-corrected chi connectivity index (χ1v) is 22.2. The Morgan fingerprint density at radius 1 is 0.286 bits per heavy atom. The van der Waals surface area contributed by atoms with Crippen molar-refractivity contribution in [2.45, 2.75) is 0 Å². The van der Waals surface area contributed by atoms with Crippen LogP contribution in [-0.4, -0.2) is 64.1 Å². The van der Waals surface area contributed by atoms with Crippen molar-refractivity contribution in [3.63, 3.8) is 0 Å². The van der Waals surface area contributed by atoms with Crippen LogP contribution in [0.3, 0.4) is 0 Å². The lowest BCUT2D eigenvalue weighted by Crippen LogP contribution is -2.48. The molecule has 63 heavy (non-hydrogen) atoms. The summed E-state index contributed by atoms with van der Waals surface area (Å²) in [6, 6.07) is 64.4. The summed E-state index contributed by atoms with van der Waals surface area (Å²) >= 11 is 0. The molecule has 9 heteroatoms. The number of nitrogens with zero attached hydrogens (tertiary/aromatic N) is 2. The first kappa shape index (κ1) is 38.9. The van der Waals surface area contributed by atoms with Gasteiger partial charge in [-0.1, -0.05) is 172 Å². The van der Waals surface area contributed by atoms with Crippen molar-refractivity contribution in [3.05, 3.63) is 176 Å². The first-order valence-electron chi connectivity index (χ1n) is 22.2. The van der Waals surface area contributed by atoms with Gasteiger partial charge in [0.2, 0.25) is 0 Å². The second kappa shape index (κ2) is 15.1. The molecule has 0 saturated carbocycles. The van der Waals surface area contributed by atoms with E-state index in [1.807, 2.05) is 0 Å². The highest BCUT2D eigenvalue weighted by atomic mass is 15.0. The lowest BCUT2D eigenvalue weighted by Gasteiger charge is -2.19. The van der Waals surface area contributed by atoms with Crippen LogP contribution >= 0.6 is 0 Å². The van der Waals surface area contributed by atoms with Gasteiger partial charge < -0.3 is 9.13 Å². The highest BCUT2D eigenvalue weighted by Gasteiger charge is 2.26. The van der Waals surface area contributed by atoms with Gasteiger partial charge in [-0.25, -0.2) is 0 Å². The Morgan fingerprint density at radius 3 is 1.48 bits per heavy atom. The molecule has 2 heterocycles. The minimum absolute atomic E-state index is 1.15. The zero-order chi connectivity index (χ0) is 43.1. The predicted octanol–water partition coefficient (Wildman–Crippen LogP) is 2.36. The average molecular weight is 796 g/mol. The van der Waals surface area contributed by atoms with Crippen LogP contribution in [0.25, 0.3) is 99.5 Å². The summed E-state index contributed by atoms with van der Waals surface area (Å²) < 4.78 is 5.06. The summed E-state index contributed by atoms with van der Waals surface area (Å²) in [5.74, 6) is 0. The summed E-state index contributed by atoms with van der Waals surface area (Å²) in [5, 5.41) is 5.22. The van der Waals surface area contributed by atoms with E-state index in [9.17, 15) is 0 Å². The van der Waals surface area contributed by atoms with Crippen molar-refractivity contribution in [2.24, 2.45) is 0 Å². The molecule has 0 N–H and O–H groups in total. The van der Waals surface area contributed by atoms with Crippen molar-refractivity contribution >= 4 is 137 Å². The molecular weight excluding hydrogens is 752 g/mol. The Labute approximate surface area is 375 Å². The van der Waals surface area contributed by atoms with Crippen LogP contribution in [-0.2, 0) is 0 Å². The second-order valence-corrected chi connectivity index (χ2v) is 17.5. The van der Waals surface area contributed by atoms with Crippen LogP contribution in [0.1, 0.15) is 0 Å². The third kappa shape index (κ3) is 6.04. The second-order valence-electron chi connectivity index (χ2n) is 17.5. The van der Waals surface area contributed by atoms with Crippen molar-refractivity contribution < 1.29 is 0 Å². The molecule has 290 valence electrons. The Kier molecular flexibility index (Phi) is 9.35. The van der Waals surface area contributed by atoms with Crippen molar-refractivity contribution in [1.82, 2.24) is 9.13 Å². The maximum atomic E-state index is 2.58. The fraction of sp³-hybridized carbons (Fsp3) is 0. The molecule has 0 radical (unpaired) electrons. The standard InChI is InChI=1S/C54H43B7N2/c55-45-42(46(56)50(60)53-43(45)44-47(57)48(58)49(59)51(61)54(44)63(53)37-19-10-18-34(28-37)31-14-6-2-7-15-31)35-24-27-41-40(29-35)39-21-11-20-38(33-16-8-3-9-17-33)52(39)62(41)36-25-22-32(23-26-36)30-12-4-1-5-13-30/h1-29H,55-61H2. The van der Waals surface area contributed by atoms with E-state index in [1.54, 1.807) is 0 Å². The monoisotopic (exact) mass is 796 g/mol. The summed E-state index contributed by atoms with van der Waals surface area (Å²) in [4.78, 5) is 0. The van der Waals surface area contributed by atoms with Crippen LogP contribution < -0.4 is 38.2 Å². The van der Waals surface area contributed by atoms with Gasteiger partial charge in [0.05, 0.1) is 11.0 Å². The van der Waals surface area contributed by atoms with Gasteiger partial charge in [-0.15, -0.1) is 5.46 Å². The third-order valence-electron chi connectivity index (χ3n) is 14.2. The molecule has 0 amide bonds. The van der Waals surface area contributed by atoms with Crippen LogP contribution in [0, 0.1) is 0 Å². The van der Waals surface area contributed by atoms with Gasteiger partial charge in [-0.3, -0.25) is 0 Å². The minimum atomic E-state index is 1.15. The average Bonchev–Trinajstić information content (AvgIpc) is 3.87. The van der Waals surface area contributed by atoms with Crippen LogP contribution in [0.15, 0.2) is 176 Å². The number of para-hydroxylation sites is 1. The number of fused-ring (bicyclic) bond motifs is 6. The Bertz CT molecular complexity index is 3620. The minimum Gasteiger partial charge on any atom is -0.310 e. The van der Waals surface area contributed by atoms with Crippen molar-refractivity contribution in [1.29, 1.82) is 0 Å².